The first-order valence-corrected chi connectivity index (χ1v) is 14.3. The molecule has 1 aliphatic carbocycles. The van der Waals surface area contributed by atoms with Gasteiger partial charge in [-0.05, 0) is 122 Å². The minimum absolute atomic E-state index is 0.183. The zero-order valence-corrected chi connectivity index (χ0v) is 24.5. The predicted octanol–water partition coefficient (Wildman–Crippen LogP) is 8.02. The Labute approximate surface area is 246 Å². The number of carbonyl (C=O) groups is 2. The molecule has 0 bridgehead atoms. The molecule has 0 unspecified atom stereocenters. The summed E-state index contributed by atoms with van der Waals surface area (Å²) >= 11 is 0. The highest BCUT2D eigenvalue weighted by Crippen LogP contribution is 2.45. The van der Waals surface area contributed by atoms with E-state index in [1.807, 2.05) is 48.5 Å². The van der Waals surface area contributed by atoms with Gasteiger partial charge in [0.1, 0.15) is 23.0 Å². The first-order chi connectivity index (χ1) is 20.1. The molecule has 1 fully saturated rings. The maximum atomic E-state index is 12.8. The van der Waals surface area contributed by atoms with E-state index in [9.17, 15) is 19.8 Å². The lowest BCUT2D eigenvalue weighted by atomic mass is 9.65. The number of esters is 2. The van der Waals surface area contributed by atoms with Crippen LogP contribution in [-0.4, -0.2) is 22.2 Å². The second kappa shape index (κ2) is 11.7. The Morgan fingerprint density at radius 1 is 0.571 bits per heavy atom. The predicted molar refractivity (Wildman–Crippen MR) is 162 cm³/mol. The summed E-state index contributed by atoms with van der Waals surface area (Å²) in [4.78, 5) is 25.6. The molecule has 5 rings (SSSR count). The van der Waals surface area contributed by atoms with E-state index in [0.717, 1.165) is 36.8 Å². The highest BCUT2D eigenvalue weighted by atomic mass is 16.5. The number of ether oxygens (including phenoxy) is 2. The molecule has 0 heterocycles. The molecule has 0 aromatic heterocycles. The van der Waals surface area contributed by atoms with Gasteiger partial charge in [0.05, 0.1) is 11.1 Å². The Morgan fingerprint density at radius 3 is 1.24 bits per heavy atom. The minimum atomic E-state index is -0.468. The summed E-state index contributed by atoms with van der Waals surface area (Å²) in [6.45, 7) is 7.02. The van der Waals surface area contributed by atoms with Crippen LogP contribution in [0.15, 0.2) is 72.8 Å². The van der Waals surface area contributed by atoms with Crippen LogP contribution in [0.2, 0.25) is 0 Å². The van der Waals surface area contributed by atoms with Crippen LogP contribution >= 0.6 is 0 Å². The summed E-state index contributed by atoms with van der Waals surface area (Å²) in [7, 11) is 0. The lowest BCUT2D eigenvalue weighted by Crippen LogP contribution is -2.30. The summed E-state index contributed by atoms with van der Waals surface area (Å²) in [6, 6.07) is 22.0. The number of hydrogen-bond donors (Lipinski definition) is 2. The van der Waals surface area contributed by atoms with Gasteiger partial charge in [-0.3, -0.25) is 0 Å². The lowest BCUT2D eigenvalue weighted by Gasteiger charge is -2.38. The van der Waals surface area contributed by atoms with E-state index >= 15 is 0 Å². The fourth-order valence-corrected chi connectivity index (χ4v) is 6.06. The van der Waals surface area contributed by atoms with Crippen molar-refractivity contribution in [2.75, 3.05) is 0 Å². The van der Waals surface area contributed by atoms with E-state index in [1.54, 1.807) is 52.0 Å². The molecular weight excluding hydrogens is 528 g/mol. The van der Waals surface area contributed by atoms with Crippen molar-refractivity contribution in [2.24, 2.45) is 0 Å². The maximum absolute atomic E-state index is 12.8. The molecule has 42 heavy (non-hydrogen) atoms. The normalized spacial score (nSPS) is 14.3. The van der Waals surface area contributed by atoms with Crippen LogP contribution in [-0.2, 0) is 5.41 Å². The van der Waals surface area contributed by atoms with Crippen LogP contribution in [0, 0.1) is 27.7 Å². The second-order valence-electron chi connectivity index (χ2n) is 11.4. The molecule has 4 aromatic rings. The number of hydrogen-bond acceptors (Lipinski definition) is 6. The number of phenols is 2. The molecule has 0 radical (unpaired) electrons. The number of benzene rings is 4. The molecule has 1 aliphatic rings. The molecule has 0 spiro atoms. The molecule has 6 heteroatoms. The van der Waals surface area contributed by atoms with Crippen molar-refractivity contribution in [1.82, 2.24) is 0 Å². The van der Waals surface area contributed by atoms with Crippen molar-refractivity contribution >= 4 is 11.9 Å². The van der Waals surface area contributed by atoms with E-state index in [0.29, 0.717) is 44.9 Å². The summed E-state index contributed by atoms with van der Waals surface area (Å²) in [6.07, 6.45) is 5.37. The van der Waals surface area contributed by atoms with Crippen molar-refractivity contribution in [3.63, 3.8) is 0 Å². The summed E-state index contributed by atoms with van der Waals surface area (Å²) in [5.41, 5.74) is 5.41. The Morgan fingerprint density at radius 2 is 0.905 bits per heavy atom. The number of aryl methyl sites for hydroxylation is 4. The number of phenolic OH excluding ortho intramolecular Hbond substituents is 2. The topological polar surface area (TPSA) is 93.1 Å². The van der Waals surface area contributed by atoms with Gasteiger partial charge in [-0.2, -0.15) is 0 Å². The lowest BCUT2D eigenvalue weighted by molar-refractivity contribution is 0.0725. The SMILES string of the molecule is Cc1cc(C(=O)Oc2ccc(C3(c4ccc(OC(=O)c5cc(C)c(O)c(C)c5)cc4)CCCCC3)cc2)cc(C)c1O. The fraction of sp³-hybridized carbons (Fsp3) is 0.278. The van der Waals surface area contributed by atoms with Crippen LogP contribution in [0.3, 0.4) is 0 Å². The first kappa shape index (κ1) is 28.9. The highest BCUT2D eigenvalue weighted by Gasteiger charge is 2.35. The Kier molecular flexibility index (Phi) is 8.08. The first-order valence-electron chi connectivity index (χ1n) is 14.3. The molecule has 0 aliphatic heterocycles. The molecule has 1 saturated carbocycles. The third-order valence-corrected chi connectivity index (χ3v) is 8.40. The van der Waals surface area contributed by atoms with Gasteiger partial charge in [-0.15, -0.1) is 0 Å². The van der Waals surface area contributed by atoms with E-state index in [2.05, 4.69) is 0 Å². The zero-order valence-electron chi connectivity index (χ0n) is 24.5. The van der Waals surface area contributed by atoms with Gasteiger partial charge in [0.2, 0.25) is 0 Å². The van der Waals surface area contributed by atoms with E-state index < -0.39 is 11.9 Å². The van der Waals surface area contributed by atoms with Gasteiger partial charge in [0.15, 0.2) is 0 Å². The molecule has 4 aromatic carbocycles. The molecule has 2 N–H and O–H groups in total. The van der Waals surface area contributed by atoms with Crippen molar-refractivity contribution in [2.45, 2.75) is 65.2 Å². The van der Waals surface area contributed by atoms with Gasteiger partial charge in [-0.25, -0.2) is 9.59 Å². The van der Waals surface area contributed by atoms with Gasteiger partial charge in [-0.1, -0.05) is 43.5 Å². The third kappa shape index (κ3) is 5.75. The Balaban J connectivity index is 1.34. The Hall–Kier alpha value is -4.58. The molecule has 6 nitrogen and oxygen atoms in total. The van der Waals surface area contributed by atoms with Gasteiger partial charge in [0.25, 0.3) is 0 Å². The minimum Gasteiger partial charge on any atom is -0.507 e. The monoisotopic (exact) mass is 564 g/mol. The van der Waals surface area contributed by atoms with Crippen LogP contribution in [0.5, 0.6) is 23.0 Å². The summed E-state index contributed by atoms with van der Waals surface area (Å²) in [5, 5.41) is 20.0. The summed E-state index contributed by atoms with van der Waals surface area (Å²) < 4.78 is 11.3. The average molecular weight is 565 g/mol. The third-order valence-electron chi connectivity index (χ3n) is 8.40. The quantitative estimate of drug-likeness (QED) is 0.182. The number of rotatable bonds is 6. The van der Waals surface area contributed by atoms with Gasteiger partial charge in [0, 0.05) is 5.41 Å². The van der Waals surface area contributed by atoms with E-state index in [1.165, 1.54) is 6.42 Å². The van der Waals surface area contributed by atoms with Gasteiger partial charge >= 0.3 is 11.9 Å². The second-order valence-corrected chi connectivity index (χ2v) is 11.4. The van der Waals surface area contributed by atoms with E-state index in [-0.39, 0.29) is 16.9 Å². The highest BCUT2D eigenvalue weighted by molar-refractivity contribution is 5.92. The van der Waals surface area contributed by atoms with Crippen molar-refractivity contribution in [3.8, 4) is 23.0 Å². The van der Waals surface area contributed by atoms with Crippen LogP contribution < -0.4 is 9.47 Å². The van der Waals surface area contributed by atoms with Gasteiger partial charge < -0.3 is 19.7 Å². The molecule has 216 valence electrons. The van der Waals surface area contributed by atoms with Crippen molar-refractivity contribution in [1.29, 1.82) is 0 Å². The molecule has 0 amide bonds. The molecule has 0 atom stereocenters. The maximum Gasteiger partial charge on any atom is 0.343 e. The van der Waals surface area contributed by atoms with E-state index in [4.69, 9.17) is 9.47 Å². The fourth-order valence-electron chi connectivity index (χ4n) is 6.06. The largest absolute Gasteiger partial charge is 0.507 e. The van der Waals surface area contributed by atoms with Crippen LogP contribution in [0.25, 0.3) is 0 Å². The van der Waals surface area contributed by atoms with Crippen LogP contribution in [0.1, 0.15) is 86.2 Å². The number of aromatic hydroxyl groups is 2. The van der Waals surface area contributed by atoms with Crippen LogP contribution in [0.4, 0.5) is 0 Å². The zero-order chi connectivity index (χ0) is 30.0. The molecular formula is C36H36O6. The number of carbonyl (C=O) groups excluding carboxylic acids is 2. The molecule has 0 saturated heterocycles. The standard InChI is InChI=1S/C36H36O6/c1-22-18-26(19-23(2)32(22)37)34(39)41-30-12-8-28(9-13-30)36(16-6-5-7-17-36)29-10-14-31(15-11-29)42-35(40)27-20-24(3)33(38)25(4)21-27/h8-15,18-21,37-38H,5-7,16-17H2,1-4H3. The smallest absolute Gasteiger partial charge is 0.343 e. The Bertz CT molecular complexity index is 1460. The van der Waals surface area contributed by atoms with Crippen molar-refractivity contribution in [3.05, 3.63) is 117 Å². The average Bonchev–Trinajstić information content (AvgIpc) is 2.99. The van der Waals surface area contributed by atoms with Crippen molar-refractivity contribution < 1.29 is 29.3 Å². The summed E-state index contributed by atoms with van der Waals surface area (Å²) in [5.74, 6) is 0.345.